The Labute approximate surface area is 117 Å². The summed E-state index contributed by atoms with van der Waals surface area (Å²) in [6, 6.07) is 9.18. The van der Waals surface area contributed by atoms with Gasteiger partial charge in [0.15, 0.2) is 16.3 Å². The second-order valence-corrected chi connectivity index (χ2v) is 4.58. The monoisotopic (exact) mass is 288 g/mol. The van der Waals surface area contributed by atoms with E-state index >= 15 is 0 Å². The molecule has 1 N–H and O–H groups in total. The van der Waals surface area contributed by atoms with Crippen LogP contribution >= 0.6 is 11.6 Å². The number of aromatic amines is 1. The predicted octanol–water partition coefficient (Wildman–Crippen LogP) is 1.34. The average Bonchev–Trinajstić information content (AvgIpc) is 2.46. The van der Waals surface area contributed by atoms with E-state index in [1.54, 1.807) is 0 Å². The van der Waals surface area contributed by atoms with Gasteiger partial charge in [0.05, 0.1) is 0 Å². The Morgan fingerprint density at radius 2 is 1.85 bits per heavy atom. The maximum absolute atomic E-state index is 11.9. The van der Waals surface area contributed by atoms with Crippen molar-refractivity contribution in [1.82, 2.24) is 19.5 Å². The number of nitrogens with zero attached hydrogens (tertiary/aromatic N) is 3. The molecule has 6 nitrogen and oxygen atoms in total. The topological polar surface area (TPSA) is 80.6 Å². The number of H-pyrrole nitrogens is 1. The van der Waals surface area contributed by atoms with E-state index in [0.29, 0.717) is 5.69 Å². The molecule has 0 aliphatic rings. The number of fused-ring (bicyclic) bond motifs is 1. The van der Waals surface area contributed by atoms with Crippen LogP contribution in [0, 0.1) is 0 Å². The molecule has 0 aliphatic carbocycles. The van der Waals surface area contributed by atoms with Crippen LogP contribution in [-0.4, -0.2) is 19.5 Å². The Bertz CT molecular complexity index is 915. The van der Waals surface area contributed by atoms with Gasteiger partial charge in [0.25, 0.3) is 5.56 Å². The number of hydrogen-bond acceptors (Lipinski definition) is 4. The van der Waals surface area contributed by atoms with Gasteiger partial charge in [-0.2, -0.15) is 0 Å². The summed E-state index contributed by atoms with van der Waals surface area (Å²) in [5.74, 6) is 0. The Balaban J connectivity index is 2.39. The van der Waals surface area contributed by atoms with Crippen molar-refractivity contribution in [3.05, 3.63) is 56.3 Å². The van der Waals surface area contributed by atoms with Crippen LogP contribution in [0.25, 0.3) is 22.4 Å². The molecule has 1 aromatic carbocycles. The molecule has 0 saturated carbocycles. The van der Waals surface area contributed by atoms with Gasteiger partial charge in [0.1, 0.15) is 5.69 Å². The van der Waals surface area contributed by atoms with Crippen molar-refractivity contribution in [3.8, 4) is 11.3 Å². The third-order valence-corrected chi connectivity index (χ3v) is 3.20. The standard InChI is InChI=1S/C13H9ClN4O2/c1-18-12(19)9-11(17-13(18)20)16-8(10(14)15-9)7-5-3-2-4-6-7/h2-6H,1H3,(H,16,17,20). The summed E-state index contributed by atoms with van der Waals surface area (Å²) in [5.41, 5.74) is 0.270. The lowest BCUT2D eigenvalue weighted by Gasteiger charge is -2.05. The molecule has 0 atom stereocenters. The summed E-state index contributed by atoms with van der Waals surface area (Å²) in [6.07, 6.45) is 0. The van der Waals surface area contributed by atoms with Gasteiger partial charge in [-0.3, -0.25) is 14.3 Å². The van der Waals surface area contributed by atoms with Crippen LogP contribution in [0.4, 0.5) is 0 Å². The molecule has 0 amide bonds. The van der Waals surface area contributed by atoms with E-state index in [0.717, 1.165) is 10.1 Å². The second kappa shape index (κ2) is 4.57. The summed E-state index contributed by atoms with van der Waals surface area (Å²) < 4.78 is 0.926. The van der Waals surface area contributed by atoms with E-state index in [9.17, 15) is 9.59 Å². The van der Waals surface area contributed by atoms with Crippen molar-refractivity contribution < 1.29 is 0 Å². The van der Waals surface area contributed by atoms with E-state index in [1.807, 2.05) is 30.3 Å². The van der Waals surface area contributed by atoms with Gasteiger partial charge in [-0.05, 0) is 0 Å². The largest absolute Gasteiger partial charge is 0.329 e. The van der Waals surface area contributed by atoms with E-state index in [4.69, 9.17) is 11.6 Å². The molecule has 2 heterocycles. The normalized spacial score (nSPS) is 10.9. The first-order chi connectivity index (χ1) is 9.58. The first kappa shape index (κ1) is 12.6. The van der Waals surface area contributed by atoms with Crippen LogP contribution in [0.2, 0.25) is 5.15 Å². The lowest BCUT2D eigenvalue weighted by Crippen LogP contribution is -2.33. The summed E-state index contributed by atoms with van der Waals surface area (Å²) in [5, 5.41) is 0.118. The maximum atomic E-state index is 11.9. The first-order valence-electron chi connectivity index (χ1n) is 5.80. The van der Waals surface area contributed by atoms with Crippen molar-refractivity contribution in [3.63, 3.8) is 0 Å². The van der Waals surface area contributed by atoms with Gasteiger partial charge in [-0.25, -0.2) is 14.8 Å². The molecule has 3 rings (SSSR count). The molecule has 0 saturated heterocycles. The third kappa shape index (κ3) is 1.90. The lowest BCUT2D eigenvalue weighted by molar-refractivity contribution is 0.787. The molecule has 20 heavy (non-hydrogen) atoms. The molecule has 0 radical (unpaired) electrons. The molecule has 0 aliphatic heterocycles. The second-order valence-electron chi connectivity index (χ2n) is 4.22. The van der Waals surface area contributed by atoms with E-state index in [2.05, 4.69) is 15.0 Å². The smallest absolute Gasteiger partial charge is 0.290 e. The van der Waals surface area contributed by atoms with Crippen molar-refractivity contribution in [2.24, 2.45) is 7.05 Å². The summed E-state index contributed by atoms with van der Waals surface area (Å²) in [6.45, 7) is 0. The molecule has 0 bridgehead atoms. The Morgan fingerprint density at radius 3 is 2.55 bits per heavy atom. The summed E-state index contributed by atoms with van der Waals surface area (Å²) in [4.78, 5) is 34.3. The van der Waals surface area contributed by atoms with Gasteiger partial charge < -0.3 is 0 Å². The van der Waals surface area contributed by atoms with Crippen LogP contribution in [0.3, 0.4) is 0 Å². The van der Waals surface area contributed by atoms with Gasteiger partial charge in [-0.1, -0.05) is 41.9 Å². The molecule has 100 valence electrons. The highest BCUT2D eigenvalue weighted by Crippen LogP contribution is 2.24. The Morgan fingerprint density at radius 1 is 1.15 bits per heavy atom. The van der Waals surface area contributed by atoms with Gasteiger partial charge in [0.2, 0.25) is 0 Å². The number of rotatable bonds is 1. The minimum Gasteiger partial charge on any atom is -0.290 e. The van der Waals surface area contributed by atoms with Gasteiger partial charge in [0, 0.05) is 12.6 Å². The summed E-state index contributed by atoms with van der Waals surface area (Å²) in [7, 11) is 1.36. The number of benzene rings is 1. The first-order valence-corrected chi connectivity index (χ1v) is 6.17. The minimum absolute atomic E-state index is 0.0387. The van der Waals surface area contributed by atoms with Gasteiger partial charge in [-0.15, -0.1) is 0 Å². The molecule has 7 heteroatoms. The average molecular weight is 289 g/mol. The van der Waals surface area contributed by atoms with E-state index in [1.165, 1.54) is 7.05 Å². The van der Waals surface area contributed by atoms with Crippen molar-refractivity contribution in [1.29, 1.82) is 0 Å². The van der Waals surface area contributed by atoms with E-state index < -0.39 is 11.2 Å². The lowest BCUT2D eigenvalue weighted by atomic mass is 10.2. The number of halogens is 1. The quantitative estimate of drug-likeness (QED) is 0.732. The van der Waals surface area contributed by atoms with Crippen LogP contribution < -0.4 is 11.2 Å². The zero-order valence-corrected chi connectivity index (χ0v) is 11.2. The molecule has 2 aromatic heterocycles. The summed E-state index contributed by atoms with van der Waals surface area (Å²) >= 11 is 6.09. The highest BCUT2D eigenvalue weighted by atomic mass is 35.5. The Hall–Kier alpha value is -2.47. The molecule has 0 fully saturated rings. The molecule has 0 unspecified atom stereocenters. The Kier molecular flexibility index (Phi) is 2.87. The van der Waals surface area contributed by atoms with Crippen molar-refractivity contribution >= 4 is 22.8 Å². The molecular weight excluding hydrogens is 280 g/mol. The fraction of sp³-hybridized carbons (Fsp3) is 0.0769. The zero-order valence-electron chi connectivity index (χ0n) is 10.4. The van der Waals surface area contributed by atoms with Crippen molar-refractivity contribution in [2.45, 2.75) is 0 Å². The third-order valence-electron chi connectivity index (χ3n) is 2.94. The van der Waals surface area contributed by atoms with Crippen LogP contribution in [0.5, 0.6) is 0 Å². The van der Waals surface area contributed by atoms with Crippen LogP contribution in [0.15, 0.2) is 39.9 Å². The predicted molar refractivity (Wildman–Crippen MR) is 75.8 cm³/mol. The minimum atomic E-state index is -0.543. The fourth-order valence-electron chi connectivity index (χ4n) is 1.87. The highest BCUT2D eigenvalue weighted by molar-refractivity contribution is 6.32. The zero-order chi connectivity index (χ0) is 14.3. The fourth-order valence-corrected chi connectivity index (χ4v) is 2.10. The van der Waals surface area contributed by atoms with Crippen molar-refractivity contribution in [2.75, 3.05) is 0 Å². The van der Waals surface area contributed by atoms with Gasteiger partial charge >= 0.3 is 5.69 Å². The highest BCUT2D eigenvalue weighted by Gasteiger charge is 2.13. The molecular formula is C13H9ClN4O2. The number of nitrogens with one attached hydrogen (secondary N) is 1. The number of hydrogen-bond donors (Lipinski definition) is 1. The van der Waals surface area contributed by atoms with Crippen LogP contribution in [0.1, 0.15) is 0 Å². The molecule has 3 aromatic rings. The van der Waals surface area contributed by atoms with Crippen LogP contribution in [-0.2, 0) is 7.05 Å². The molecule has 0 spiro atoms. The SMILES string of the molecule is Cn1c(=O)[nH]c2nc(-c3ccccc3)c(Cl)nc2c1=O. The maximum Gasteiger partial charge on any atom is 0.329 e. The van der Waals surface area contributed by atoms with E-state index in [-0.39, 0.29) is 16.3 Å². The number of aromatic nitrogens is 4.